The minimum absolute atomic E-state index is 0.486. The van der Waals surface area contributed by atoms with E-state index < -0.39 is 0 Å². The van der Waals surface area contributed by atoms with Gasteiger partial charge in [-0.05, 0) is 0 Å². The predicted octanol–water partition coefficient (Wildman–Crippen LogP) is -1.62. The lowest BCUT2D eigenvalue weighted by Gasteiger charge is -2.03. The largest absolute Gasteiger partial charge is 0.341 e. The lowest BCUT2D eigenvalue weighted by Crippen LogP contribution is -2.83. The monoisotopic (exact) mass is 222 g/mol. The second-order valence-electron chi connectivity index (χ2n) is 3.88. The molecule has 0 amide bonds. The van der Waals surface area contributed by atoms with Gasteiger partial charge in [0.15, 0.2) is 0 Å². The van der Waals surface area contributed by atoms with Crippen LogP contribution < -0.4 is 22.1 Å². The molecule has 4 nitrogen and oxygen atoms in total. The highest BCUT2D eigenvalue weighted by Crippen LogP contribution is 2.01. The lowest BCUT2D eigenvalue weighted by atomic mass is 10.1. The summed E-state index contributed by atoms with van der Waals surface area (Å²) in [5.41, 5.74) is 16.7. The Morgan fingerprint density at radius 1 is 0.750 bits per heavy atom. The predicted molar refractivity (Wildman–Crippen MR) is 63.4 cm³/mol. The Morgan fingerprint density at radius 3 is 1.44 bits per heavy atom. The van der Waals surface area contributed by atoms with Crippen molar-refractivity contribution in [3.63, 3.8) is 0 Å². The van der Waals surface area contributed by atoms with Crippen molar-refractivity contribution in [1.82, 2.24) is 11.5 Å². The molecule has 0 bridgehead atoms. The van der Waals surface area contributed by atoms with E-state index in [1.54, 1.807) is 0 Å². The fourth-order valence-corrected chi connectivity index (χ4v) is 1.55. The maximum absolute atomic E-state index is 7.05. The van der Waals surface area contributed by atoms with Crippen molar-refractivity contribution in [1.29, 1.82) is 0 Å². The molecule has 2 radical (unpaired) electrons. The highest BCUT2D eigenvalue weighted by atomic mass is 14.9. The maximum Gasteiger partial charge on any atom is 0.101 e. The van der Waals surface area contributed by atoms with E-state index in [9.17, 15) is 0 Å². The minimum Gasteiger partial charge on any atom is -0.341 e. The Kier molecular flexibility index (Phi) is 6.76. The average molecular weight is 222 g/mol. The van der Waals surface area contributed by atoms with Crippen molar-refractivity contribution in [2.24, 2.45) is 0 Å². The van der Waals surface area contributed by atoms with Gasteiger partial charge < -0.3 is 10.6 Å². The molecule has 16 heavy (non-hydrogen) atoms. The summed E-state index contributed by atoms with van der Waals surface area (Å²) in [4.78, 5) is 0. The molecule has 0 spiro atoms. The molecule has 0 aliphatic heterocycles. The number of hydrogen-bond donors (Lipinski definition) is 2. The van der Waals surface area contributed by atoms with Crippen LogP contribution in [0.2, 0.25) is 0 Å². The zero-order valence-electron chi connectivity index (χ0n) is 9.71. The van der Waals surface area contributed by atoms with Gasteiger partial charge in [-0.25, -0.2) is 0 Å². The van der Waals surface area contributed by atoms with Gasteiger partial charge in [0.2, 0.25) is 0 Å². The van der Waals surface area contributed by atoms with E-state index in [0.29, 0.717) is 13.1 Å². The molecule has 4 heteroatoms. The van der Waals surface area contributed by atoms with Gasteiger partial charge in [0.25, 0.3) is 0 Å². The fraction of sp³-hybridized carbons (Fsp3) is 0.500. The minimum atomic E-state index is 0.486. The van der Waals surface area contributed by atoms with E-state index in [4.69, 9.17) is 11.5 Å². The molecule has 0 saturated carbocycles. The zero-order valence-corrected chi connectivity index (χ0v) is 9.71. The standard InChI is InChI=1S/C12H20N4/c13-5-7-15-9-11-1-2-12(4-3-11)10-16-8-6-14/h1-4,13-16H,5-10H2/p+2. The summed E-state index contributed by atoms with van der Waals surface area (Å²) in [6.07, 6.45) is 0. The van der Waals surface area contributed by atoms with Gasteiger partial charge in [-0.1, -0.05) is 24.3 Å². The van der Waals surface area contributed by atoms with Crippen LogP contribution in [0.15, 0.2) is 24.3 Å². The Labute approximate surface area is 97.4 Å². The topological polar surface area (TPSA) is 80.8 Å². The molecule has 0 aliphatic rings. The van der Waals surface area contributed by atoms with Gasteiger partial charge in [-0.3, -0.25) is 11.5 Å². The van der Waals surface area contributed by atoms with Gasteiger partial charge in [0.1, 0.15) is 13.1 Å². The molecule has 0 unspecified atom stereocenters. The summed E-state index contributed by atoms with van der Waals surface area (Å²) in [6.45, 7) is 4.66. The second kappa shape index (κ2) is 8.24. The van der Waals surface area contributed by atoms with Crippen molar-refractivity contribution in [2.75, 3.05) is 26.2 Å². The Balaban J connectivity index is 2.30. The molecule has 0 aliphatic carbocycles. The summed E-state index contributed by atoms with van der Waals surface area (Å²) in [7, 11) is 0. The van der Waals surface area contributed by atoms with E-state index >= 15 is 0 Å². The molecule has 1 aromatic rings. The summed E-state index contributed by atoms with van der Waals surface area (Å²) in [5, 5.41) is 4.32. The molecule has 0 saturated heterocycles. The third-order valence-corrected chi connectivity index (χ3v) is 2.48. The highest BCUT2D eigenvalue weighted by molar-refractivity contribution is 5.20. The normalized spacial score (nSPS) is 10.6. The van der Waals surface area contributed by atoms with Crippen molar-refractivity contribution < 1.29 is 10.6 Å². The van der Waals surface area contributed by atoms with E-state index in [1.807, 2.05) is 0 Å². The molecular weight excluding hydrogens is 200 g/mol. The van der Waals surface area contributed by atoms with Crippen molar-refractivity contribution >= 4 is 0 Å². The van der Waals surface area contributed by atoms with E-state index in [-0.39, 0.29) is 0 Å². The van der Waals surface area contributed by atoms with Crippen LogP contribution in [-0.4, -0.2) is 26.2 Å². The first kappa shape index (κ1) is 13.1. The molecule has 6 N–H and O–H groups in total. The quantitative estimate of drug-likeness (QED) is 0.496. The molecule has 0 aromatic heterocycles. The van der Waals surface area contributed by atoms with Crippen LogP contribution in [0.4, 0.5) is 0 Å². The van der Waals surface area contributed by atoms with Gasteiger partial charge in [-0.2, -0.15) is 0 Å². The van der Waals surface area contributed by atoms with E-state index in [1.165, 1.54) is 11.1 Å². The number of rotatable bonds is 8. The van der Waals surface area contributed by atoms with Crippen LogP contribution in [-0.2, 0) is 13.1 Å². The SMILES string of the molecule is [NH]CC[NH2+]Cc1ccc(C[NH2+]CC[NH])cc1. The van der Waals surface area contributed by atoms with Crippen LogP contribution in [0.25, 0.3) is 0 Å². The third-order valence-electron chi connectivity index (χ3n) is 2.48. The first-order valence-corrected chi connectivity index (χ1v) is 5.87. The highest BCUT2D eigenvalue weighted by Gasteiger charge is 1.97. The molecule has 1 rings (SSSR count). The van der Waals surface area contributed by atoms with Crippen LogP contribution in [0.1, 0.15) is 11.1 Å². The summed E-state index contributed by atoms with van der Waals surface area (Å²) >= 11 is 0. The molecule has 0 fully saturated rings. The Hall–Kier alpha value is -0.940. The number of nitrogens with two attached hydrogens (primary N) is 2. The first-order valence-electron chi connectivity index (χ1n) is 5.87. The van der Waals surface area contributed by atoms with Gasteiger partial charge in [0.05, 0.1) is 26.2 Å². The fourth-order valence-electron chi connectivity index (χ4n) is 1.55. The van der Waals surface area contributed by atoms with Crippen LogP contribution in [0, 0.1) is 0 Å². The number of benzene rings is 1. The summed E-state index contributed by atoms with van der Waals surface area (Å²) in [5.74, 6) is 0. The van der Waals surface area contributed by atoms with Crippen molar-refractivity contribution in [2.45, 2.75) is 13.1 Å². The molecule has 0 atom stereocenters. The number of hydrogen-bond acceptors (Lipinski definition) is 0. The zero-order chi connectivity index (χ0) is 11.6. The first-order chi connectivity index (χ1) is 7.86. The lowest BCUT2D eigenvalue weighted by molar-refractivity contribution is -0.669. The van der Waals surface area contributed by atoms with E-state index in [0.717, 1.165) is 26.2 Å². The Morgan fingerprint density at radius 2 is 1.12 bits per heavy atom. The van der Waals surface area contributed by atoms with E-state index in [2.05, 4.69) is 34.9 Å². The summed E-state index contributed by atoms with van der Waals surface area (Å²) < 4.78 is 0. The maximum atomic E-state index is 7.05. The molecular formula is C12H22N4+2. The van der Waals surface area contributed by atoms with Crippen LogP contribution in [0.5, 0.6) is 0 Å². The smallest absolute Gasteiger partial charge is 0.101 e. The average Bonchev–Trinajstić information content (AvgIpc) is 2.32. The van der Waals surface area contributed by atoms with Crippen LogP contribution >= 0.6 is 0 Å². The number of nitrogens with one attached hydrogen (secondary N) is 2. The second-order valence-corrected chi connectivity index (χ2v) is 3.88. The van der Waals surface area contributed by atoms with Crippen molar-refractivity contribution in [3.05, 3.63) is 35.4 Å². The molecule has 1 aromatic carbocycles. The third kappa shape index (κ3) is 5.23. The van der Waals surface area contributed by atoms with Crippen molar-refractivity contribution in [3.8, 4) is 0 Å². The van der Waals surface area contributed by atoms with Crippen LogP contribution in [0.3, 0.4) is 0 Å². The van der Waals surface area contributed by atoms with Gasteiger partial charge >= 0.3 is 0 Å². The number of quaternary nitrogens is 2. The molecule has 0 heterocycles. The van der Waals surface area contributed by atoms with Gasteiger partial charge in [-0.15, -0.1) is 0 Å². The molecule has 88 valence electrons. The Bertz CT molecular complexity index is 242. The summed E-state index contributed by atoms with van der Waals surface area (Å²) in [6, 6.07) is 8.63. The van der Waals surface area contributed by atoms with Gasteiger partial charge in [0, 0.05) is 11.1 Å².